The summed E-state index contributed by atoms with van der Waals surface area (Å²) >= 11 is 1.34. The Kier molecular flexibility index (Phi) is 4.52. The van der Waals surface area contributed by atoms with Gasteiger partial charge < -0.3 is 0 Å². The van der Waals surface area contributed by atoms with Crippen LogP contribution in [0.1, 0.15) is 21.5 Å². The molecule has 116 valence electrons. The van der Waals surface area contributed by atoms with Gasteiger partial charge in [0.2, 0.25) is 5.16 Å². The van der Waals surface area contributed by atoms with Gasteiger partial charge in [0.1, 0.15) is 0 Å². The second kappa shape index (κ2) is 6.75. The molecule has 0 amide bonds. The number of hydrogen-bond acceptors (Lipinski definition) is 5. The first-order valence-corrected chi connectivity index (χ1v) is 8.21. The molecule has 2 aromatic carbocycles. The van der Waals surface area contributed by atoms with Crippen LogP contribution in [-0.2, 0) is 0 Å². The summed E-state index contributed by atoms with van der Waals surface area (Å²) in [4.78, 5) is 12.2. The Labute approximate surface area is 138 Å². The molecule has 0 aliphatic heterocycles. The second-order valence-corrected chi connectivity index (χ2v) is 6.18. The van der Waals surface area contributed by atoms with Crippen LogP contribution in [0.3, 0.4) is 0 Å². The van der Waals surface area contributed by atoms with E-state index in [1.807, 2.05) is 56.3 Å². The number of Topliss-reactive ketones (excluding diaryl/α,β-unsaturated/α-hetero) is 1. The summed E-state index contributed by atoms with van der Waals surface area (Å²) in [5, 5.41) is 12.5. The normalized spacial score (nSPS) is 10.7. The third-order valence-electron chi connectivity index (χ3n) is 3.46. The topological polar surface area (TPSA) is 60.7 Å². The van der Waals surface area contributed by atoms with Crippen molar-refractivity contribution in [1.82, 2.24) is 20.2 Å². The maximum atomic E-state index is 12.2. The van der Waals surface area contributed by atoms with Gasteiger partial charge in [0.05, 0.1) is 11.4 Å². The monoisotopic (exact) mass is 324 g/mol. The first-order chi connectivity index (χ1) is 11.1. The number of carbonyl (C=O) groups is 1. The standard InChI is InChI=1S/C17H16N4OS/c1-12-8-9-13(2)15(10-12)21-17(18-19-20-21)23-11-16(22)14-6-4-3-5-7-14/h3-10H,11H2,1-2H3. The van der Waals surface area contributed by atoms with Crippen LogP contribution in [0.25, 0.3) is 5.69 Å². The van der Waals surface area contributed by atoms with Crippen LogP contribution >= 0.6 is 11.8 Å². The Bertz CT molecular complexity index is 830. The largest absolute Gasteiger partial charge is 0.293 e. The first-order valence-electron chi connectivity index (χ1n) is 7.22. The second-order valence-electron chi connectivity index (χ2n) is 5.24. The van der Waals surface area contributed by atoms with Crippen molar-refractivity contribution >= 4 is 17.5 Å². The molecule has 0 fully saturated rings. The molecule has 0 unspecified atom stereocenters. The lowest BCUT2D eigenvalue weighted by Crippen LogP contribution is -2.06. The number of benzene rings is 2. The zero-order chi connectivity index (χ0) is 16.2. The SMILES string of the molecule is Cc1ccc(C)c(-n2nnnc2SCC(=O)c2ccccc2)c1. The molecule has 1 heterocycles. The Balaban J connectivity index is 1.79. The van der Waals surface area contributed by atoms with Gasteiger partial charge in [-0.25, -0.2) is 0 Å². The molecule has 0 spiro atoms. The molecular weight excluding hydrogens is 308 g/mol. The number of thioether (sulfide) groups is 1. The summed E-state index contributed by atoms with van der Waals surface area (Å²) < 4.78 is 1.69. The molecule has 3 aromatic rings. The molecule has 0 aliphatic rings. The number of nitrogens with zero attached hydrogens (tertiary/aromatic N) is 4. The molecule has 6 heteroatoms. The number of ketones is 1. The lowest BCUT2D eigenvalue weighted by Gasteiger charge is -2.08. The Morgan fingerprint density at radius 1 is 1.13 bits per heavy atom. The summed E-state index contributed by atoms with van der Waals surface area (Å²) in [5.41, 5.74) is 3.85. The van der Waals surface area contributed by atoms with Gasteiger partial charge in [-0.05, 0) is 41.5 Å². The lowest BCUT2D eigenvalue weighted by atomic mass is 10.1. The smallest absolute Gasteiger partial charge is 0.214 e. The van der Waals surface area contributed by atoms with Gasteiger partial charge in [-0.15, -0.1) is 5.10 Å². The van der Waals surface area contributed by atoms with E-state index in [4.69, 9.17) is 0 Å². The minimum absolute atomic E-state index is 0.0612. The van der Waals surface area contributed by atoms with Gasteiger partial charge >= 0.3 is 0 Å². The molecule has 0 aliphatic carbocycles. The molecule has 0 saturated heterocycles. The van der Waals surface area contributed by atoms with Crippen molar-refractivity contribution in [3.05, 3.63) is 65.2 Å². The number of hydrogen-bond donors (Lipinski definition) is 0. The van der Waals surface area contributed by atoms with Crippen LogP contribution in [0.4, 0.5) is 0 Å². The fourth-order valence-electron chi connectivity index (χ4n) is 2.21. The summed E-state index contributed by atoms with van der Waals surface area (Å²) in [6.07, 6.45) is 0. The Morgan fingerprint density at radius 2 is 1.91 bits per heavy atom. The highest BCUT2D eigenvalue weighted by molar-refractivity contribution is 7.99. The lowest BCUT2D eigenvalue weighted by molar-refractivity contribution is 0.102. The van der Waals surface area contributed by atoms with Crippen LogP contribution in [0.15, 0.2) is 53.7 Å². The van der Waals surface area contributed by atoms with Crippen molar-refractivity contribution in [3.63, 3.8) is 0 Å². The van der Waals surface area contributed by atoms with Gasteiger partial charge in [0, 0.05) is 5.56 Å². The number of rotatable bonds is 5. The van der Waals surface area contributed by atoms with Gasteiger partial charge in [-0.3, -0.25) is 4.79 Å². The zero-order valence-electron chi connectivity index (χ0n) is 12.9. The minimum atomic E-state index is 0.0612. The van der Waals surface area contributed by atoms with Crippen LogP contribution in [0.2, 0.25) is 0 Å². The molecule has 0 atom stereocenters. The fraction of sp³-hybridized carbons (Fsp3) is 0.176. The maximum Gasteiger partial charge on any atom is 0.214 e. The van der Waals surface area contributed by atoms with Crippen molar-refractivity contribution in [2.75, 3.05) is 5.75 Å². The zero-order valence-corrected chi connectivity index (χ0v) is 13.7. The van der Waals surface area contributed by atoms with E-state index in [9.17, 15) is 4.79 Å². The van der Waals surface area contributed by atoms with Crippen molar-refractivity contribution in [3.8, 4) is 5.69 Å². The molecule has 5 nitrogen and oxygen atoms in total. The van der Waals surface area contributed by atoms with E-state index in [-0.39, 0.29) is 5.78 Å². The van der Waals surface area contributed by atoms with Crippen molar-refractivity contribution < 1.29 is 4.79 Å². The minimum Gasteiger partial charge on any atom is -0.293 e. The number of aryl methyl sites for hydroxylation is 2. The molecular formula is C17H16N4OS. The highest BCUT2D eigenvalue weighted by Crippen LogP contribution is 2.22. The number of tetrazole rings is 1. The molecule has 23 heavy (non-hydrogen) atoms. The van der Waals surface area contributed by atoms with E-state index in [1.54, 1.807) is 4.68 Å². The fourth-order valence-corrected chi connectivity index (χ4v) is 2.98. The van der Waals surface area contributed by atoms with Gasteiger partial charge in [0.25, 0.3) is 0 Å². The van der Waals surface area contributed by atoms with E-state index in [0.717, 1.165) is 16.8 Å². The van der Waals surface area contributed by atoms with Gasteiger partial charge in [-0.2, -0.15) is 4.68 Å². The summed E-state index contributed by atoms with van der Waals surface area (Å²) in [6, 6.07) is 15.4. The van der Waals surface area contributed by atoms with Crippen LogP contribution in [0, 0.1) is 13.8 Å². The Morgan fingerprint density at radius 3 is 2.70 bits per heavy atom. The molecule has 0 radical (unpaired) electrons. The van der Waals surface area contributed by atoms with Crippen LogP contribution < -0.4 is 0 Å². The summed E-state index contributed by atoms with van der Waals surface area (Å²) in [6.45, 7) is 4.04. The van der Waals surface area contributed by atoms with Gasteiger partial charge in [-0.1, -0.05) is 54.2 Å². The van der Waals surface area contributed by atoms with E-state index in [2.05, 4.69) is 21.6 Å². The summed E-state index contributed by atoms with van der Waals surface area (Å²) in [5.74, 6) is 0.362. The molecule has 1 aromatic heterocycles. The van der Waals surface area contributed by atoms with E-state index in [0.29, 0.717) is 16.5 Å². The first kappa shape index (κ1) is 15.4. The molecule has 0 bridgehead atoms. The maximum absolute atomic E-state index is 12.2. The van der Waals surface area contributed by atoms with Crippen molar-refractivity contribution in [2.45, 2.75) is 19.0 Å². The average Bonchev–Trinajstić information content (AvgIpc) is 3.04. The number of aromatic nitrogens is 4. The number of carbonyl (C=O) groups excluding carboxylic acids is 1. The highest BCUT2D eigenvalue weighted by atomic mass is 32.2. The van der Waals surface area contributed by atoms with E-state index in [1.165, 1.54) is 11.8 Å². The summed E-state index contributed by atoms with van der Waals surface area (Å²) in [7, 11) is 0. The van der Waals surface area contributed by atoms with Crippen molar-refractivity contribution in [2.24, 2.45) is 0 Å². The quantitative estimate of drug-likeness (QED) is 0.532. The van der Waals surface area contributed by atoms with Crippen molar-refractivity contribution in [1.29, 1.82) is 0 Å². The molecule has 0 saturated carbocycles. The van der Waals surface area contributed by atoms with Crippen LogP contribution in [0.5, 0.6) is 0 Å². The third-order valence-corrected chi connectivity index (χ3v) is 4.38. The molecule has 0 N–H and O–H groups in total. The predicted molar refractivity (Wildman–Crippen MR) is 90.1 cm³/mol. The van der Waals surface area contributed by atoms with Crippen LogP contribution in [-0.4, -0.2) is 31.7 Å². The average molecular weight is 324 g/mol. The third kappa shape index (κ3) is 3.48. The van der Waals surface area contributed by atoms with E-state index < -0.39 is 0 Å². The van der Waals surface area contributed by atoms with E-state index >= 15 is 0 Å². The Hall–Kier alpha value is -2.47. The predicted octanol–water partition coefficient (Wildman–Crippen LogP) is 3.25. The molecule has 3 rings (SSSR count). The van der Waals surface area contributed by atoms with Gasteiger partial charge in [0.15, 0.2) is 5.78 Å². The highest BCUT2D eigenvalue weighted by Gasteiger charge is 2.14.